The molecule has 1 aliphatic heterocycles. The Balaban J connectivity index is 1.56. The van der Waals surface area contributed by atoms with Gasteiger partial charge in [0.05, 0.1) is 13.2 Å². The summed E-state index contributed by atoms with van der Waals surface area (Å²) in [4.78, 5) is 0. The number of unbranched alkanes of at least 4 members (excludes halogenated alkanes) is 7. The van der Waals surface area contributed by atoms with Crippen molar-refractivity contribution in [1.82, 2.24) is 0 Å². The zero-order chi connectivity index (χ0) is 20.2. The number of halogens is 3. The van der Waals surface area contributed by atoms with Crippen molar-refractivity contribution < 1.29 is 32.0 Å². The van der Waals surface area contributed by atoms with E-state index in [1.165, 1.54) is 69.2 Å². The van der Waals surface area contributed by atoms with Gasteiger partial charge in [-0.2, -0.15) is 0 Å². The van der Waals surface area contributed by atoms with E-state index >= 15 is 0 Å². The quantitative estimate of drug-likeness (QED) is 0.370. The van der Waals surface area contributed by atoms with Crippen molar-refractivity contribution in [3.63, 3.8) is 0 Å². The Kier molecular flexibility index (Phi) is 10.2. The first-order chi connectivity index (χ1) is 13.5. The zero-order valence-electron chi connectivity index (χ0n) is 16.5. The highest BCUT2D eigenvalue weighted by atomic mass is 19.4. The Morgan fingerprint density at radius 2 is 1.50 bits per heavy atom. The number of hydrogen-bond donors (Lipinski definition) is 0. The highest BCUT2D eigenvalue weighted by Gasteiger charge is 2.32. The number of ether oxygens (including phenoxy) is 2. The van der Waals surface area contributed by atoms with Crippen LogP contribution >= 0.6 is 0 Å². The van der Waals surface area contributed by atoms with E-state index in [9.17, 15) is 13.2 Å². The largest absolute Gasteiger partial charge is 0.573 e. The monoisotopic (exact) mass is 402 g/mol. The molecular formula is C20H30BF3O4. The minimum Gasteiger partial charge on any atom is -0.406 e. The van der Waals surface area contributed by atoms with E-state index in [4.69, 9.17) is 14.0 Å². The molecule has 0 spiro atoms. The van der Waals surface area contributed by atoms with Crippen LogP contribution in [0.5, 0.6) is 5.75 Å². The van der Waals surface area contributed by atoms with Crippen molar-refractivity contribution in [2.45, 2.75) is 70.8 Å². The lowest BCUT2D eigenvalue weighted by atomic mass is 9.78. The lowest BCUT2D eigenvalue weighted by Gasteiger charge is -2.27. The minimum absolute atomic E-state index is 0.103. The van der Waals surface area contributed by atoms with Gasteiger partial charge in [0, 0.05) is 6.61 Å². The Labute approximate surface area is 165 Å². The van der Waals surface area contributed by atoms with Crippen LogP contribution in [0.1, 0.15) is 58.3 Å². The van der Waals surface area contributed by atoms with Crippen molar-refractivity contribution in [3.05, 3.63) is 24.3 Å². The summed E-state index contributed by atoms with van der Waals surface area (Å²) in [5.41, 5.74) is 0.649. The van der Waals surface area contributed by atoms with Gasteiger partial charge in [0.1, 0.15) is 11.9 Å². The van der Waals surface area contributed by atoms with Crippen LogP contribution in [0.15, 0.2) is 24.3 Å². The van der Waals surface area contributed by atoms with Crippen LogP contribution in [0.4, 0.5) is 13.2 Å². The topological polar surface area (TPSA) is 36.9 Å². The summed E-state index contributed by atoms with van der Waals surface area (Å²) in [6.07, 6.45) is 5.23. The molecule has 0 radical (unpaired) electrons. The first kappa shape index (κ1) is 23.0. The lowest BCUT2D eigenvalue weighted by Crippen LogP contribution is -2.47. The van der Waals surface area contributed by atoms with Crippen LogP contribution in [-0.2, 0) is 14.0 Å². The van der Waals surface area contributed by atoms with Crippen molar-refractivity contribution in [1.29, 1.82) is 0 Å². The average Bonchev–Trinajstić information content (AvgIpc) is 2.67. The molecule has 2 rings (SSSR count). The molecule has 0 atom stereocenters. The summed E-state index contributed by atoms with van der Waals surface area (Å²) in [6, 6.07) is 5.52. The Morgan fingerprint density at radius 1 is 0.929 bits per heavy atom. The summed E-state index contributed by atoms with van der Waals surface area (Å²) >= 11 is 0. The van der Waals surface area contributed by atoms with Crippen LogP contribution in [0.2, 0.25) is 0 Å². The lowest BCUT2D eigenvalue weighted by molar-refractivity contribution is -0.274. The molecule has 0 saturated carbocycles. The number of alkyl halides is 3. The molecule has 28 heavy (non-hydrogen) atoms. The van der Waals surface area contributed by atoms with E-state index < -0.39 is 13.5 Å². The molecule has 0 N–H and O–H groups in total. The third-order valence-corrected chi connectivity index (χ3v) is 4.60. The summed E-state index contributed by atoms with van der Waals surface area (Å²) < 4.78 is 57.5. The van der Waals surface area contributed by atoms with Crippen molar-refractivity contribution in [3.8, 4) is 5.75 Å². The standard InChI is InChI=1S/C20H30BF3O4/c1-2-3-4-5-6-7-8-9-14-25-19-15-26-21(27-16-19)17-10-12-18(13-11-17)28-20(22,23)24/h10-13,19H,2-9,14-16H2,1H3. The molecule has 0 bridgehead atoms. The van der Waals surface area contributed by atoms with Crippen LogP contribution in [-0.4, -0.2) is 39.4 Å². The molecular weight excluding hydrogens is 372 g/mol. The molecule has 0 aliphatic carbocycles. The number of benzene rings is 1. The van der Waals surface area contributed by atoms with Gasteiger partial charge in [0.25, 0.3) is 0 Å². The summed E-state index contributed by atoms with van der Waals surface area (Å²) in [5.74, 6) is -0.265. The maximum atomic E-state index is 12.2. The second kappa shape index (κ2) is 12.3. The molecule has 1 heterocycles. The minimum atomic E-state index is -4.70. The molecule has 8 heteroatoms. The van der Waals surface area contributed by atoms with Crippen molar-refractivity contribution >= 4 is 12.6 Å². The van der Waals surface area contributed by atoms with Gasteiger partial charge >= 0.3 is 13.5 Å². The van der Waals surface area contributed by atoms with Crippen molar-refractivity contribution in [2.24, 2.45) is 0 Å². The molecule has 0 aromatic heterocycles. The summed E-state index contributed by atoms with van der Waals surface area (Å²) in [5, 5.41) is 0. The molecule has 1 saturated heterocycles. The second-order valence-corrected chi connectivity index (χ2v) is 7.08. The van der Waals surface area contributed by atoms with Crippen LogP contribution in [0.3, 0.4) is 0 Å². The van der Waals surface area contributed by atoms with Gasteiger partial charge in [-0.05, 0) is 24.0 Å². The van der Waals surface area contributed by atoms with Gasteiger partial charge < -0.3 is 18.8 Å². The van der Waals surface area contributed by atoms with Crippen LogP contribution in [0, 0.1) is 0 Å². The molecule has 4 nitrogen and oxygen atoms in total. The smallest absolute Gasteiger partial charge is 0.406 e. The van der Waals surface area contributed by atoms with Gasteiger partial charge in [-0.15, -0.1) is 13.2 Å². The van der Waals surface area contributed by atoms with Gasteiger partial charge in [0.15, 0.2) is 0 Å². The Hall–Kier alpha value is -1.25. The summed E-state index contributed by atoms with van der Waals surface area (Å²) in [6.45, 7) is 3.73. The normalized spacial score (nSPS) is 15.8. The molecule has 1 aliphatic rings. The van der Waals surface area contributed by atoms with Crippen LogP contribution < -0.4 is 10.2 Å². The number of rotatable bonds is 12. The van der Waals surface area contributed by atoms with Gasteiger partial charge in [-0.1, -0.05) is 64.0 Å². The fraction of sp³-hybridized carbons (Fsp3) is 0.700. The van der Waals surface area contributed by atoms with E-state index in [1.807, 2.05) is 0 Å². The van der Waals surface area contributed by atoms with Gasteiger partial charge in [-0.3, -0.25) is 0 Å². The maximum Gasteiger partial charge on any atom is 0.573 e. The van der Waals surface area contributed by atoms with Gasteiger partial charge in [0.2, 0.25) is 0 Å². The molecule has 1 aromatic rings. The first-order valence-corrected chi connectivity index (χ1v) is 10.2. The fourth-order valence-corrected chi connectivity index (χ4v) is 3.09. The first-order valence-electron chi connectivity index (χ1n) is 10.2. The van der Waals surface area contributed by atoms with E-state index in [0.29, 0.717) is 25.3 Å². The highest BCUT2D eigenvalue weighted by molar-refractivity contribution is 6.61. The molecule has 0 unspecified atom stereocenters. The zero-order valence-corrected chi connectivity index (χ0v) is 16.5. The predicted molar refractivity (Wildman–Crippen MR) is 103 cm³/mol. The number of hydrogen-bond acceptors (Lipinski definition) is 4. The fourth-order valence-electron chi connectivity index (χ4n) is 3.09. The van der Waals surface area contributed by atoms with Crippen molar-refractivity contribution in [2.75, 3.05) is 19.8 Å². The maximum absolute atomic E-state index is 12.2. The predicted octanol–water partition coefficient (Wildman–Crippen LogP) is 4.85. The molecule has 1 aromatic carbocycles. The third kappa shape index (κ3) is 9.30. The Morgan fingerprint density at radius 3 is 2.07 bits per heavy atom. The average molecular weight is 402 g/mol. The van der Waals surface area contributed by atoms with E-state index in [1.54, 1.807) is 0 Å². The van der Waals surface area contributed by atoms with Crippen LogP contribution in [0.25, 0.3) is 0 Å². The molecule has 1 fully saturated rings. The molecule has 158 valence electrons. The molecule has 0 amide bonds. The SMILES string of the molecule is CCCCCCCCCCOC1COB(c2ccc(OC(F)(F)F)cc2)OC1. The van der Waals surface area contributed by atoms with Gasteiger partial charge in [-0.25, -0.2) is 0 Å². The Bertz CT molecular complexity index is 531. The van der Waals surface area contributed by atoms with E-state index in [2.05, 4.69) is 11.7 Å². The summed E-state index contributed by atoms with van der Waals surface area (Å²) in [7, 11) is -0.595. The highest BCUT2D eigenvalue weighted by Crippen LogP contribution is 2.21. The van der Waals surface area contributed by atoms with E-state index in [0.717, 1.165) is 6.42 Å². The van der Waals surface area contributed by atoms with E-state index in [-0.39, 0.29) is 11.9 Å². The third-order valence-electron chi connectivity index (χ3n) is 4.60. The second-order valence-electron chi connectivity index (χ2n) is 7.08.